The Morgan fingerprint density at radius 3 is 2.89 bits per heavy atom. The summed E-state index contributed by atoms with van der Waals surface area (Å²) >= 11 is 0. The van der Waals surface area contributed by atoms with Crippen LogP contribution < -0.4 is 11.3 Å². The molecule has 0 fully saturated rings. The summed E-state index contributed by atoms with van der Waals surface area (Å²) in [4.78, 5) is 11.6. The first kappa shape index (κ1) is 13.4. The lowest BCUT2D eigenvalue weighted by Gasteiger charge is -2.05. The van der Waals surface area contributed by atoms with Gasteiger partial charge in [0.2, 0.25) is 0 Å². The number of hydrogen-bond acceptors (Lipinski definition) is 4. The van der Waals surface area contributed by atoms with Crippen molar-refractivity contribution in [1.82, 2.24) is 15.2 Å². The molecule has 0 unspecified atom stereocenters. The van der Waals surface area contributed by atoms with Crippen molar-refractivity contribution in [3.8, 4) is 0 Å². The molecule has 1 amide bonds. The van der Waals surface area contributed by atoms with Gasteiger partial charge in [-0.1, -0.05) is 13.8 Å². The van der Waals surface area contributed by atoms with Crippen LogP contribution in [0, 0.1) is 0 Å². The molecule has 102 valence electrons. The molecule has 6 nitrogen and oxygen atoms in total. The van der Waals surface area contributed by atoms with Crippen molar-refractivity contribution in [3.63, 3.8) is 0 Å². The van der Waals surface area contributed by atoms with Gasteiger partial charge >= 0.3 is 0 Å². The largest absolute Gasteiger partial charge is 0.467 e. The number of carbonyl (C=O) groups excluding carboxylic acids is 1. The first-order valence-electron chi connectivity index (χ1n) is 6.32. The minimum atomic E-state index is -0.357. The number of carbonyl (C=O) groups is 1. The van der Waals surface area contributed by atoms with E-state index in [2.05, 4.69) is 30.4 Å². The average Bonchev–Trinajstić information content (AvgIpc) is 3.04. The summed E-state index contributed by atoms with van der Waals surface area (Å²) in [7, 11) is 0. The Labute approximate surface area is 111 Å². The predicted octanol–water partition coefficient (Wildman–Crippen LogP) is 1.25. The number of nitrogens with zero attached hydrogens (tertiary/aromatic N) is 2. The summed E-state index contributed by atoms with van der Waals surface area (Å²) in [6.07, 6.45) is 3.25. The van der Waals surface area contributed by atoms with Crippen LogP contribution in [0.15, 0.2) is 22.8 Å². The summed E-state index contributed by atoms with van der Waals surface area (Å²) in [6, 6.07) is 3.68. The molecule has 2 aromatic heterocycles. The highest BCUT2D eigenvalue weighted by molar-refractivity contribution is 5.94. The summed E-state index contributed by atoms with van der Waals surface area (Å²) in [6.45, 7) is 4.56. The Morgan fingerprint density at radius 2 is 2.26 bits per heavy atom. The molecule has 2 heterocycles. The number of furan rings is 1. The van der Waals surface area contributed by atoms with Gasteiger partial charge in [0.25, 0.3) is 5.91 Å². The Morgan fingerprint density at radius 1 is 1.47 bits per heavy atom. The summed E-state index contributed by atoms with van der Waals surface area (Å²) < 4.78 is 7.22. The van der Waals surface area contributed by atoms with Crippen LogP contribution in [0.5, 0.6) is 0 Å². The van der Waals surface area contributed by atoms with Crippen LogP contribution in [0.4, 0.5) is 0 Å². The van der Waals surface area contributed by atoms with E-state index < -0.39 is 0 Å². The second-order valence-electron chi connectivity index (χ2n) is 4.22. The van der Waals surface area contributed by atoms with Gasteiger partial charge in [-0.05, 0) is 25.0 Å². The lowest BCUT2D eigenvalue weighted by Crippen LogP contribution is -2.30. The number of nitrogens with two attached hydrogens (primary N) is 1. The molecular formula is C13H18N4O2. The highest BCUT2D eigenvalue weighted by atomic mass is 16.3. The van der Waals surface area contributed by atoms with Gasteiger partial charge < -0.3 is 4.42 Å². The SMILES string of the molecule is CCc1cc(CC)n(Cc2occc2C(=O)NN)n1. The third-order valence-electron chi connectivity index (χ3n) is 3.05. The van der Waals surface area contributed by atoms with E-state index in [1.807, 2.05) is 4.68 Å². The van der Waals surface area contributed by atoms with Crippen LogP contribution in [0.25, 0.3) is 0 Å². The van der Waals surface area contributed by atoms with E-state index >= 15 is 0 Å². The smallest absolute Gasteiger partial charge is 0.268 e. The Balaban J connectivity index is 2.28. The van der Waals surface area contributed by atoms with Gasteiger partial charge in [0.05, 0.1) is 17.5 Å². The monoisotopic (exact) mass is 262 g/mol. The third-order valence-corrected chi connectivity index (χ3v) is 3.05. The van der Waals surface area contributed by atoms with Gasteiger partial charge in [0.1, 0.15) is 12.3 Å². The molecule has 0 spiro atoms. The van der Waals surface area contributed by atoms with E-state index in [-0.39, 0.29) is 5.91 Å². The molecule has 0 aromatic carbocycles. The van der Waals surface area contributed by atoms with Crippen molar-refractivity contribution in [1.29, 1.82) is 0 Å². The summed E-state index contributed by atoms with van der Waals surface area (Å²) in [5, 5.41) is 4.49. The van der Waals surface area contributed by atoms with Crippen LogP contribution in [0.1, 0.15) is 41.4 Å². The van der Waals surface area contributed by atoms with E-state index in [0.717, 1.165) is 24.2 Å². The molecule has 0 aliphatic carbocycles. The number of amides is 1. The topological polar surface area (TPSA) is 86.1 Å². The molecule has 0 radical (unpaired) electrons. The number of nitrogens with one attached hydrogen (secondary N) is 1. The van der Waals surface area contributed by atoms with Crippen molar-refractivity contribution in [2.75, 3.05) is 0 Å². The zero-order valence-electron chi connectivity index (χ0n) is 11.1. The number of hydrogen-bond donors (Lipinski definition) is 2. The van der Waals surface area contributed by atoms with Gasteiger partial charge in [0.15, 0.2) is 0 Å². The van der Waals surface area contributed by atoms with Crippen LogP contribution in [0.2, 0.25) is 0 Å². The average molecular weight is 262 g/mol. The van der Waals surface area contributed by atoms with Crippen LogP contribution in [-0.4, -0.2) is 15.7 Å². The maximum atomic E-state index is 11.6. The number of aromatic nitrogens is 2. The van der Waals surface area contributed by atoms with Gasteiger partial charge in [-0.15, -0.1) is 0 Å². The fourth-order valence-electron chi connectivity index (χ4n) is 1.99. The van der Waals surface area contributed by atoms with Crippen LogP contribution in [-0.2, 0) is 19.4 Å². The minimum absolute atomic E-state index is 0.357. The standard InChI is InChI=1S/C13H18N4O2/c1-3-9-7-10(4-2)17(16-9)8-12-11(5-6-19-12)13(18)15-14/h5-7H,3-4,8,14H2,1-2H3,(H,15,18). The molecule has 0 aliphatic heterocycles. The van der Waals surface area contributed by atoms with Crippen molar-refractivity contribution in [3.05, 3.63) is 41.1 Å². The summed E-state index contributed by atoms with van der Waals surface area (Å²) in [5.41, 5.74) is 4.71. The van der Waals surface area contributed by atoms with Gasteiger partial charge in [0, 0.05) is 5.69 Å². The first-order valence-corrected chi connectivity index (χ1v) is 6.32. The van der Waals surface area contributed by atoms with Crippen molar-refractivity contribution in [2.45, 2.75) is 33.2 Å². The number of nitrogen functional groups attached to an aromatic ring is 1. The van der Waals surface area contributed by atoms with E-state index in [4.69, 9.17) is 10.3 Å². The predicted molar refractivity (Wildman–Crippen MR) is 70.4 cm³/mol. The fraction of sp³-hybridized carbons (Fsp3) is 0.385. The normalized spacial score (nSPS) is 10.7. The summed E-state index contributed by atoms with van der Waals surface area (Å²) in [5.74, 6) is 5.35. The lowest BCUT2D eigenvalue weighted by molar-refractivity contribution is 0.0951. The van der Waals surface area contributed by atoms with Crippen molar-refractivity contribution in [2.24, 2.45) is 5.84 Å². The molecule has 2 aromatic rings. The number of hydrazine groups is 1. The quantitative estimate of drug-likeness (QED) is 0.482. The van der Waals surface area contributed by atoms with E-state index in [9.17, 15) is 4.79 Å². The molecule has 0 atom stereocenters. The zero-order chi connectivity index (χ0) is 13.8. The minimum Gasteiger partial charge on any atom is -0.467 e. The Hall–Kier alpha value is -2.08. The van der Waals surface area contributed by atoms with E-state index in [1.165, 1.54) is 6.26 Å². The first-order chi connectivity index (χ1) is 9.19. The molecule has 3 N–H and O–H groups in total. The Bertz CT molecular complexity index is 571. The molecule has 0 aliphatic rings. The highest BCUT2D eigenvalue weighted by Crippen LogP contribution is 2.14. The molecule has 19 heavy (non-hydrogen) atoms. The molecule has 0 bridgehead atoms. The fourth-order valence-corrected chi connectivity index (χ4v) is 1.99. The van der Waals surface area contributed by atoms with Gasteiger partial charge in [-0.25, -0.2) is 5.84 Å². The molecule has 0 saturated heterocycles. The van der Waals surface area contributed by atoms with E-state index in [1.54, 1.807) is 6.07 Å². The van der Waals surface area contributed by atoms with Crippen LogP contribution >= 0.6 is 0 Å². The highest BCUT2D eigenvalue weighted by Gasteiger charge is 2.15. The molecular weight excluding hydrogens is 244 g/mol. The van der Waals surface area contributed by atoms with Crippen LogP contribution in [0.3, 0.4) is 0 Å². The molecule has 6 heteroatoms. The Kier molecular flexibility index (Phi) is 4.01. The van der Waals surface area contributed by atoms with E-state index in [0.29, 0.717) is 17.9 Å². The van der Waals surface area contributed by atoms with Crippen molar-refractivity contribution < 1.29 is 9.21 Å². The molecule has 2 rings (SSSR count). The second-order valence-corrected chi connectivity index (χ2v) is 4.22. The third kappa shape index (κ3) is 2.68. The van der Waals surface area contributed by atoms with Gasteiger partial charge in [-0.2, -0.15) is 5.10 Å². The second kappa shape index (κ2) is 5.71. The lowest BCUT2D eigenvalue weighted by atomic mass is 10.2. The zero-order valence-corrected chi connectivity index (χ0v) is 11.1. The molecule has 0 saturated carbocycles. The maximum absolute atomic E-state index is 11.6. The van der Waals surface area contributed by atoms with Crippen molar-refractivity contribution >= 4 is 5.91 Å². The maximum Gasteiger partial charge on any atom is 0.268 e. The van der Waals surface area contributed by atoms with Gasteiger partial charge in [-0.3, -0.25) is 14.9 Å². The number of aryl methyl sites for hydroxylation is 2. The number of rotatable bonds is 5.